The molecule has 3 heterocycles. The average molecular weight is 278 g/mol. The Hall–Kier alpha value is -1.62. The highest BCUT2D eigenvalue weighted by atomic mass is 79.9. The molecular weight excluding hydrogens is 270 g/mol. The van der Waals surface area contributed by atoms with Gasteiger partial charge in [-0.05, 0) is 40.5 Å². The zero-order valence-corrected chi connectivity index (χ0v) is 10.1. The molecule has 0 bridgehead atoms. The van der Waals surface area contributed by atoms with E-state index in [1.165, 1.54) is 0 Å². The Morgan fingerprint density at radius 3 is 3.06 bits per heavy atom. The third-order valence-corrected chi connectivity index (χ3v) is 2.93. The van der Waals surface area contributed by atoms with Gasteiger partial charge in [0.2, 0.25) is 0 Å². The van der Waals surface area contributed by atoms with Crippen molar-refractivity contribution in [2.45, 2.75) is 6.92 Å². The molecule has 0 radical (unpaired) electrons. The lowest BCUT2D eigenvalue weighted by Gasteiger charge is -2.01. The summed E-state index contributed by atoms with van der Waals surface area (Å²) in [6.07, 6.45) is 3.63. The predicted octanol–water partition coefficient (Wildman–Crippen LogP) is 2.25. The third-order valence-electron chi connectivity index (χ3n) is 2.50. The molecule has 0 unspecified atom stereocenters. The SMILES string of the molecule is Cc1cc2c(=O)[nH]c3cc(Br)cnc3n2c1. The lowest BCUT2D eigenvalue weighted by atomic mass is 10.4. The molecule has 0 aliphatic rings. The lowest BCUT2D eigenvalue weighted by molar-refractivity contribution is 1.13. The molecule has 0 spiro atoms. The van der Waals surface area contributed by atoms with Gasteiger partial charge in [0.25, 0.3) is 5.56 Å². The average Bonchev–Trinajstić information content (AvgIpc) is 2.60. The maximum atomic E-state index is 11.8. The van der Waals surface area contributed by atoms with Crippen LogP contribution in [0.25, 0.3) is 16.7 Å². The molecule has 5 heteroatoms. The van der Waals surface area contributed by atoms with Gasteiger partial charge < -0.3 is 4.98 Å². The number of aryl methyl sites for hydroxylation is 1. The van der Waals surface area contributed by atoms with E-state index < -0.39 is 0 Å². The van der Waals surface area contributed by atoms with E-state index in [2.05, 4.69) is 25.9 Å². The van der Waals surface area contributed by atoms with Crippen molar-refractivity contribution in [1.82, 2.24) is 14.4 Å². The van der Waals surface area contributed by atoms with Gasteiger partial charge in [-0.15, -0.1) is 0 Å². The van der Waals surface area contributed by atoms with Crippen LogP contribution >= 0.6 is 15.9 Å². The number of fused-ring (bicyclic) bond motifs is 3. The molecule has 3 aromatic heterocycles. The highest BCUT2D eigenvalue weighted by molar-refractivity contribution is 9.10. The summed E-state index contributed by atoms with van der Waals surface area (Å²) < 4.78 is 2.66. The topological polar surface area (TPSA) is 50.2 Å². The van der Waals surface area contributed by atoms with Gasteiger partial charge in [-0.1, -0.05) is 0 Å². The van der Waals surface area contributed by atoms with Crippen LogP contribution in [0.3, 0.4) is 0 Å². The molecule has 1 N–H and O–H groups in total. The van der Waals surface area contributed by atoms with E-state index in [4.69, 9.17) is 0 Å². The fourth-order valence-corrected chi connectivity index (χ4v) is 2.18. The van der Waals surface area contributed by atoms with Crippen LogP contribution in [-0.4, -0.2) is 14.4 Å². The number of aromatic amines is 1. The first kappa shape index (κ1) is 9.59. The first-order valence-electron chi connectivity index (χ1n) is 4.81. The first-order valence-corrected chi connectivity index (χ1v) is 5.61. The highest BCUT2D eigenvalue weighted by Gasteiger charge is 2.06. The summed E-state index contributed by atoms with van der Waals surface area (Å²) in [6, 6.07) is 3.69. The fraction of sp³-hybridized carbons (Fsp3) is 0.0909. The van der Waals surface area contributed by atoms with Gasteiger partial charge in [-0.25, -0.2) is 4.98 Å². The highest BCUT2D eigenvalue weighted by Crippen LogP contribution is 2.16. The minimum Gasteiger partial charge on any atom is -0.317 e. The molecule has 3 aromatic rings. The van der Waals surface area contributed by atoms with Crippen molar-refractivity contribution in [2.24, 2.45) is 0 Å². The van der Waals surface area contributed by atoms with Crippen LogP contribution < -0.4 is 5.56 Å². The van der Waals surface area contributed by atoms with Crippen molar-refractivity contribution in [3.8, 4) is 0 Å². The maximum absolute atomic E-state index is 11.8. The summed E-state index contributed by atoms with van der Waals surface area (Å²) in [5, 5.41) is 0. The zero-order chi connectivity index (χ0) is 11.3. The van der Waals surface area contributed by atoms with E-state index in [0.717, 1.165) is 21.2 Å². The Balaban J connectivity index is 2.63. The van der Waals surface area contributed by atoms with Crippen molar-refractivity contribution in [3.63, 3.8) is 0 Å². The van der Waals surface area contributed by atoms with E-state index >= 15 is 0 Å². The second-order valence-corrected chi connectivity index (χ2v) is 4.67. The van der Waals surface area contributed by atoms with Gasteiger partial charge in [0.05, 0.1) is 5.52 Å². The Morgan fingerprint density at radius 2 is 2.25 bits per heavy atom. The van der Waals surface area contributed by atoms with Gasteiger partial charge in [0.15, 0.2) is 5.65 Å². The molecule has 0 aliphatic carbocycles. The molecule has 0 aromatic carbocycles. The van der Waals surface area contributed by atoms with Crippen LogP contribution in [0.5, 0.6) is 0 Å². The molecule has 16 heavy (non-hydrogen) atoms. The minimum absolute atomic E-state index is 0.0968. The zero-order valence-electron chi connectivity index (χ0n) is 8.49. The molecule has 80 valence electrons. The van der Waals surface area contributed by atoms with E-state index in [1.807, 2.05) is 29.7 Å². The van der Waals surface area contributed by atoms with Crippen LogP contribution in [-0.2, 0) is 0 Å². The summed E-state index contributed by atoms with van der Waals surface area (Å²) in [6.45, 7) is 1.96. The quantitative estimate of drug-likeness (QED) is 0.685. The van der Waals surface area contributed by atoms with Gasteiger partial charge >= 0.3 is 0 Å². The van der Waals surface area contributed by atoms with Crippen LogP contribution in [0.2, 0.25) is 0 Å². The fourth-order valence-electron chi connectivity index (χ4n) is 1.85. The summed E-state index contributed by atoms with van der Waals surface area (Å²) in [5.41, 5.74) is 3.05. The van der Waals surface area contributed by atoms with Gasteiger partial charge in [0, 0.05) is 16.9 Å². The third kappa shape index (κ3) is 1.28. The van der Waals surface area contributed by atoms with Crippen LogP contribution in [0.15, 0.2) is 33.8 Å². The largest absolute Gasteiger partial charge is 0.317 e. The number of nitrogens with zero attached hydrogens (tertiary/aromatic N) is 2. The Bertz CT molecular complexity index is 757. The second kappa shape index (κ2) is 3.18. The van der Waals surface area contributed by atoms with Crippen molar-refractivity contribution in [1.29, 1.82) is 0 Å². The first-order chi connectivity index (χ1) is 7.65. The number of hydrogen-bond donors (Lipinski definition) is 1. The normalized spacial score (nSPS) is 11.4. The smallest absolute Gasteiger partial charge is 0.272 e. The molecule has 0 saturated carbocycles. The number of H-pyrrole nitrogens is 1. The number of halogens is 1. The van der Waals surface area contributed by atoms with Gasteiger partial charge in [-0.3, -0.25) is 9.20 Å². The number of aromatic nitrogens is 3. The maximum Gasteiger partial charge on any atom is 0.272 e. The molecule has 0 atom stereocenters. The second-order valence-electron chi connectivity index (χ2n) is 3.75. The van der Waals surface area contributed by atoms with Crippen LogP contribution in [0, 0.1) is 6.92 Å². The Morgan fingerprint density at radius 1 is 1.44 bits per heavy atom. The summed E-state index contributed by atoms with van der Waals surface area (Å²) in [4.78, 5) is 18.9. The minimum atomic E-state index is -0.0968. The Labute approximate surface area is 99.1 Å². The van der Waals surface area contributed by atoms with Gasteiger partial charge in [-0.2, -0.15) is 0 Å². The number of rotatable bonds is 0. The van der Waals surface area contributed by atoms with Crippen LogP contribution in [0.1, 0.15) is 5.56 Å². The molecule has 4 nitrogen and oxygen atoms in total. The molecule has 0 aliphatic heterocycles. The Kier molecular flexibility index (Phi) is 1.91. The molecule has 0 amide bonds. The summed E-state index contributed by atoms with van der Waals surface area (Å²) in [7, 11) is 0. The summed E-state index contributed by atoms with van der Waals surface area (Å²) in [5.74, 6) is 0. The predicted molar refractivity (Wildman–Crippen MR) is 65.8 cm³/mol. The molecule has 0 fully saturated rings. The van der Waals surface area contributed by atoms with Crippen molar-refractivity contribution < 1.29 is 0 Å². The molecular formula is C11H8BrN3O. The van der Waals surface area contributed by atoms with E-state index in [-0.39, 0.29) is 5.56 Å². The number of nitrogens with one attached hydrogen (secondary N) is 1. The monoisotopic (exact) mass is 277 g/mol. The summed E-state index contributed by atoms with van der Waals surface area (Å²) >= 11 is 3.33. The van der Waals surface area contributed by atoms with Crippen molar-refractivity contribution in [2.75, 3.05) is 0 Å². The van der Waals surface area contributed by atoms with Crippen molar-refractivity contribution in [3.05, 3.63) is 44.9 Å². The molecule has 0 saturated heterocycles. The van der Waals surface area contributed by atoms with E-state index in [1.54, 1.807) is 6.20 Å². The van der Waals surface area contributed by atoms with E-state index in [0.29, 0.717) is 5.52 Å². The number of pyridine rings is 1. The van der Waals surface area contributed by atoms with Crippen molar-refractivity contribution >= 4 is 32.6 Å². The van der Waals surface area contributed by atoms with Gasteiger partial charge in [0.1, 0.15) is 5.52 Å². The van der Waals surface area contributed by atoms with E-state index in [9.17, 15) is 4.79 Å². The lowest BCUT2D eigenvalue weighted by Crippen LogP contribution is -2.10. The van der Waals surface area contributed by atoms with Crippen LogP contribution in [0.4, 0.5) is 0 Å². The molecule has 3 rings (SSSR count). The standard InChI is InChI=1S/C11H8BrN3O/c1-6-2-9-11(16)14-8-3-7(12)4-13-10(8)15(9)5-6/h2-5H,1H3,(H,14,16). The number of hydrogen-bond acceptors (Lipinski definition) is 2.